The molecule has 1 aromatic carbocycles. The van der Waals surface area contributed by atoms with E-state index >= 15 is 0 Å². The Morgan fingerprint density at radius 3 is 2.45 bits per heavy atom. The van der Waals surface area contributed by atoms with Crippen molar-refractivity contribution in [2.75, 3.05) is 0 Å². The Bertz CT molecular complexity index is 590. The Hall–Kier alpha value is -0.910. The summed E-state index contributed by atoms with van der Waals surface area (Å²) in [5.74, 6) is 0.446. The van der Waals surface area contributed by atoms with Gasteiger partial charge in [0.2, 0.25) is 10.0 Å². The van der Waals surface area contributed by atoms with Gasteiger partial charge in [-0.15, -0.1) is 0 Å². The second-order valence-corrected chi connectivity index (χ2v) is 7.77. The van der Waals surface area contributed by atoms with Gasteiger partial charge in [0.05, 0.1) is 4.90 Å². The molecule has 1 aliphatic rings. The molecule has 5 heteroatoms. The van der Waals surface area contributed by atoms with Gasteiger partial charge in [-0.1, -0.05) is 13.0 Å². The fourth-order valence-corrected chi connectivity index (χ4v) is 4.12. The number of nitrogens with two attached hydrogens (primary N) is 1. The topological polar surface area (TPSA) is 72.2 Å². The number of sulfonamides is 1. The molecular weight excluding hydrogens is 272 g/mol. The highest BCUT2D eigenvalue weighted by Gasteiger charge is 2.40. The lowest BCUT2D eigenvalue weighted by Gasteiger charge is -2.26. The molecule has 1 aliphatic carbocycles. The van der Waals surface area contributed by atoms with E-state index in [4.69, 9.17) is 5.73 Å². The monoisotopic (exact) mass is 296 g/mol. The third-order valence-corrected chi connectivity index (χ3v) is 5.75. The lowest BCUT2D eigenvalue weighted by Crippen LogP contribution is -2.45. The fraction of sp³-hybridized carbons (Fsp3) is 0.600. The number of benzene rings is 1. The van der Waals surface area contributed by atoms with E-state index in [1.165, 1.54) is 0 Å². The van der Waals surface area contributed by atoms with Crippen molar-refractivity contribution >= 4 is 10.0 Å². The van der Waals surface area contributed by atoms with Crippen molar-refractivity contribution in [1.82, 2.24) is 4.72 Å². The van der Waals surface area contributed by atoms with Gasteiger partial charge in [-0.25, -0.2) is 13.1 Å². The highest BCUT2D eigenvalue weighted by molar-refractivity contribution is 7.89. The first-order valence-corrected chi connectivity index (χ1v) is 8.64. The van der Waals surface area contributed by atoms with Gasteiger partial charge in [0.25, 0.3) is 0 Å². The molecule has 1 saturated carbocycles. The average Bonchev–Trinajstić information content (AvgIpc) is 3.21. The first-order valence-electron chi connectivity index (χ1n) is 7.16. The van der Waals surface area contributed by atoms with Gasteiger partial charge in [0, 0.05) is 12.1 Å². The van der Waals surface area contributed by atoms with Gasteiger partial charge in [0.1, 0.15) is 0 Å². The highest BCUT2D eigenvalue weighted by atomic mass is 32.2. The van der Waals surface area contributed by atoms with Crippen molar-refractivity contribution in [3.63, 3.8) is 0 Å². The first kappa shape index (κ1) is 15.5. The van der Waals surface area contributed by atoms with Gasteiger partial charge in [-0.2, -0.15) is 0 Å². The van der Waals surface area contributed by atoms with Gasteiger partial charge in [0.15, 0.2) is 0 Å². The average molecular weight is 296 g/mol. The van der Waals surface area contributed by atoms with Gasteiger partial charge in [-0.3, -0.25) is 0 Å². The van der Waals surface area contributed by atoms with Gasteiger partial charge < -0.3 is 5.73 Å². The summed E-state index contributed by atoms with van der Waals surface area (Å²) in [6.45, 7) is 6.30. The Morgan fingerprint density at radius 2 is 1.95 bits per heavy atom. The molecule has 20 heavy (non-hydrogen) atoms. The second-order valence-electron chi connectivity index (χ2n) is 6.09. The molecule has 0 aliphatic heterocycles. The van der Waals surface area contributed by atoms with Crippen LogP contribution in [0, 0.1) is 5.92 Å². The third kappa shape index (κ3) is 3.22. The van der Waals surface area contributed by atoms with Crippen LogP contribution < -0.4 is 10.5 Å². The van der Waals surface area contributed by atoms with Crippen LogP contribution in [0.25, 0.3) is 0 Å². The van der Waals surface area contributed by atoms with Crippen LogP contribution in [0.15, 0.2) is 23.1 Å². The molecule has 2 rings (SSSR count). The lowest BCUT2D eigenvalue weighted by molar-refractivity contribution is 0.400. The van der Waals surface area contributed by atoms with E-state index in [-0.39, 0.29) is 5.54 Å². The summed E-state index contributed by atoms with van der Waals surface area (Å²) in [6, 6.07) is 5.23. The zero-order chi connectivity index (χ0) is 15.0. The van der Waals surface area contributed by atoms with E-state index < -0.39 is 10.0 Å². The molecule has 0 atom stereocenters. The Morgan fingerprint density at radius 1 is 1.30 bits per heavy atom. The van der Waals surface area contributed by atoms with Crippen LogP contribution in [-0.4, -0.2) is 14.0 Å². The maximum absolute atomic E-state index is 12.5. The number of nitrogens with one attached hydrogen (secondary N) is 1. The second kappa shape index (κ2) is 5.47. The van der Waals surface area contributed by atoms with Crippen LogP contribution in [0.3, 0.4) is 0 Å². The van der Waals surface area contributed by atoms with E-state index in [1.54, 1.807) is 12.1 Å². The molecule has 1 fully saturated rings. The summed E-state index contributed by atoms with van der Waals surface area (Å²) in [6.07, 6.45) is 3.05. The molecule has 0 radical (unpaired) electrons. The molecule has 0 unspecified atom stereocenters. The quantitative estimate of drug-likeness (QED) is 0.845. The largest absolute Gasteiger partial charge is 0.326 e. The third-order valence-electron chi connectivity index (χ3n) is 4.08. The minimum atomic E-state index is -3.49. The SMILES string of the molecule is CCc1ccc(S(=O)(=O)NC(C)(C)C2CC2)cc1CN. The van der Waals surface area contributed by atoms with Crippen LogP contribution in [0.4, 0.5) is 0 Å². The Balaban J connectivity index is 2.29. The zero-order valence-corrected chi connectivity index (χ0v) is 13.3. The zero-order valence-electron chi connectivity index (χ0n) is 12.4. The molecule has 0 aromatic heterocycles. The number of aryl methyl sites for hydroxylation is 1. The first-order chi connectivity index (χ1) is 9.30. The molecule has 0 bridgehead atoms. The summed E-state index contributed by atoms with van der Waals surface area (Å²) in [5, 5.41) is 0. The molecule has 112 valence electrons. The maximum Gasteiger partial charge on any atom is 0.241 e. The predicted molar refractivity (Wildman–Crippen MR) is 80.8 cm³/mol. The summed E-state index contributed by atoms with van der Waals surface area (Å²) in [5.41, 5.74) is 7.33. The summed E-state index contributed by atoms with van der Waals surface area (Å²) < 4.78 is 27.8. The molecule has 4 nitrogen and oxygen atoms in total. The normalized spacial score (nSPS) is 16.4. The van der Waals surface area contributed by atoms with Crippen LogP contribution in [0.2, 0.25) is 0 Å². The minimum Gasteiger partial charge on any atom is -0.326 e. The standard InChI is InChI=1S/C15H24N2O2S/c1-4-11-5-8-14(9-12(11)10-16)20(18,19)17-15(2,3)13-6-7-13/h5,8-9,13,17H,4,6-7,10,16H2,1-3H3. The Labute approximate surface area is 121 Å². The van der Waals surface area contributed by atoms with E-state index in [9.17, 15) is 8.42 Å². The number of hydrogen-bond donors (Lipinski definition) is 2. The fourth-order valence-electron chi connectivity index (χ4n) is 2.60. The maximum atomic E-state index is 12.5. The van der Waals surface area contributed by atoms with Gasteiger partial charge in [-0.05, 0) is 62.3 Å². The Kier molecular flexibility index (Phi) is 4.23. The smallest absolute Gasteiger partial charge is 0.241 e. The molecule has 0 saturated heterocycles. The molecular formula is C15H24N2O2S. The van der Waals surface area contributed by atoms with Crippen LogP contribution in [-0.2, 0) is 23.0 Å². The van der Waals surface area contributed by atoms with Crippen LogP contribution in [0.5, 0.6) is 0 Å². The van der Waals surface area contributed by atoms with Crippen molar-refractivity contribution in [3.05, 3.63) is 29.3 Å². The molecule has 0 spiro atoms. The van der Waals surface area contributed by atoms with Crippen molar-refractivity contribution in [2.24, 2.45) is 11.7 Å². The minimum absolute atomic E-state index is 0.309. The van der Waals surface area contributed by atoms with E-state index in [0.717, 1.165) is 30.4 Å². The van der Waals surface area contributed by atoms with E-state index in [2.05, 4.69) is 4.72 Å². The van der Waals surface area contributed by atoms with Crippen LogP contribution in [0.1, 0.15) is 44.7 Å². The lowest BCUT2D eigenvalue weighted by atomic mass is 10.0. The molecule has 0 heterocycles. The molecule has 0 amide bonds. The van der Waals surface area contributed by atoms with Crippen LogP contribution >= 0.6 is 0 Å². The predicted octanol–water partition coefficient (Wildman–Crippen LogP) is 2.17. The van der Waals surface area contributed by atoms with Crippen molar-refractivity contribution in [3.8, 4) is 0 Å². The number of rotatable bonds is 6. The van der Waals surface area contributed by atoms with Crippen molar-refractivity contribution in [1.29, 1.82) is 0 Å². The number of hydrogen-bond acceptors (Lipinski definition) is 3. The molecule has 1 aromatic rings. The van der Waals surface area contributed by atoms with E-state index in [0.29, 0.717) is 17.4 Å². The summed E-state index contributed by atoms with van der Waals surface area (Å²) >= 11 is 0. The van der Waals surface area contributed by atoms with Crippen molar-refractivity contribution in [2.45, 2.75) is 57.0 Å². The van der Waals surface area contributed by atoms with Crippen molar-refractivity contribution < 1.29 is 8.42 Å². The highest BCUT2D eigenvalue weighted by Crippen LogP contribution is 2.40. The van der Waals surface area contributed by atoms with Gasteiger partial charge >= 0.3 is 0 Å². The summed E-state index contributed by atoms with van der Waals surface area (Å²) in [4.78, 5) is 0.309. The van der Waals surface area contributed by atoms with E-state index in [1.807, 2.05) is 26.8 Å². The molecule has 3 N–H and O–H groups in total. The summed E-state index contributed by atoms with van der Waals surface area (Å²) in [7, 11) is -3.49.